The molecule has 0 fully saturated rings. The molecule has 0 unspecified atom stereocenters. The van der Waals surface area contributed by atoms with Crippen molar-refractivity contribution in [1.29, 1.82) is 0 Å². The second-order valence-corrected chi connectivity index (χ2v) is 4.63. The molecular weight excluding hydrogens is 230 g/mol. The molecule has 1 aromatic rings. The van der Waals surface area contributed by atoms with E-state index in [1.165, 1.54) is 0 Å². The summed E-state index contributed by atoms with van der Waals surface area (Å²) in [4.78, 5) is 8.29. The van der Waals surface area contributed by atoms with E-state index in [1.807, 2.05) is 40.3 Å². The van der Waals surface area contributed by atoms with Gasteiger partial charge in [0.1, 0.15) is 19.0 Å². The van der Waals surface area contributed by atoms with Gasteiger partial charge in [0.2, 0.25) is 5.88 Å². The molecular formula is C13H23N3O2. The monoisotopic (exact) mass is 253 g/mol. The standard InChI is InChI=1S/C13H23N3O2/c1-15(2)7-9-17-12-5-6-14-13(11-12)18-10-8-16(3)4/h5-6,11H,7-10H2,1-4H3. The van der Waals surface area contributed by atoms with Crippen LogP contribution in [0.25, 0.3) is 0 Å². The molecule has 0 spiro atoms. The molecule has 0 aliphatic heterocycles. The number of hydrogen-bond acceptors (Lipinski definition) is 5. The van der Waals surface area contributed by atoms with Gasteiger partial charge in [0.05, 0.1) is 0 Å². The topological polar surface area (TPSA) is 37.8 Å². The number of ether oxygens (including phenoxy) is 2. The van der Waals surface area contributed by atoms with Crippen LogP contribution in [-0.4, -0.2) is 69.3 Å². The van der Waals surface area contributed by atoms with Crippen LogP contribution >= 0.6 is 0 Å². The Balaban J connectivity index is 2.36. The maximum Gasteiger partial charge on any atom is 0.216 e. The summed E-state index contributed by atoms with van der Waals surface area (Å²) < 4.78 is 11.2. The number of aromatic nitrogens is 1. The molecule has 5 heteroatoms. The van der Waals surface area contributed by atoms with Gasteiger partial charge in [-0.1, -0.05) is 0 Å². The molecule has 1 aromatic heterocycles. The Kier molecular flexibility index (Phi) is 6.46. The van der Waals surface area contributed by atoms with Crippen molar-refractivity contribution in [3.8, 4) is 11.6 Å². The molecule has 0 radical (unpaired) electrons. The zero-order chi connectivity index (χ0) is 13.4. The van der Waals surface area contributed by atoms with Gasteiger partial charge >= 0.3 is 0 Å². The van der Waals surface area contributed by atoms with Gasteiger partial charge < -0.3 is 19.3 Å². The van der Waals surface area contributed by atoms with Crippen molar-refractivity contribution < 1.29 is 9.47 Å². The zero-order valence-corrected chi connectivity index (χ0v) is 11.7. The predicted molar refractivity (Wildman–Crippen MR) is 72.3 cm³/mol. The maximum atomic E-state index is 5.61. The SMILES string of the molecule is CN(C)CCOc1ccnc(OCCN(C)C)c1. The predicted octanol–water partition coefficient (Wildman–Crippen LogP) is 0.962. The van der Waals surface area contributed by atoms with Crippen LogP contribution < -0.4 is 9.47 Å². The second-order valence-electron chi connectivity index (χ2n) is 4.63. The van der Waals surface area contributed by atoms with Crippen LogP contribution in [0.5, 0.6) is 11.6 Å². The molecule has 0 N–H and O–H groups in total. The largest absolute Gasteiger partial charge is 0.492 e. The van der Waals surface area contributed by atoms with E-state index < -0.39 is 0 Å². The molecule has 18 heavy (non-hydrogen) atoms. The van der Waals surface area contributed by atoms with Gasteiger partial charge in [-0.2, -0.15) is 0 Å². The molecule has 1 heterocycles. The number of rotatable bonds is 8. The Morgan fingerprint density at radius 2 is 1.61 bits per heavy atom. The second kappa shape index (κ2) is 7.89. The minimum absolute atomic E-state index is 0.610. The third-order valence-electron chi connectivity index (χ3n) is 2.30. The molecule has 0 saturated heterocycles. The molecule has 0 aliphatic carbocycles. The van der Waals surface area contributed by atoms with E-state index in [2.05, 4.69) is 14.8 Å². The van der Waals surface area contributed by atoms with Crippen LogP contribution in [0.4, 0.5) is 0 Å². The molecule has 1 rings (SSSR count). The van der Waals surface area contributed by atoms with Gasteiger partial charge in [-0.05, 0) is 34.3 Å². The van der Waals surface area contributed by atoms with Gasteiger partial charge in [0.25, 0.3) is 0 Å². The van der Waals surface area contributed by atoms with E-state index in [0.29, 0.717) is 19.1 Å². The quantitative estimate of drug-likeness (QED) is 0.690. The summed E-state index contributed by atoms with van der Waals surface area (Å²) in [5, 5.41) is 0. The molecule has 0 bridgehead atoms. The summed E-state index contributed by atoms with van der Waals surface area (Å²) >= 11 is 0. The van der Waals surface area contributed by atoms with Gasteiger partial charge in [-0.25, -0.2) is 4.98 Å². The lowest BCUT2D eigenvalue weighted by Crippen LogP contribution is -2.20. The molecule has 5 nitrogen and oxygen atoms in total. The molecule has 0 amide bonds. The fourth-order valence-corrected chi connectivity index (χ4v) is 1.24. The van der Waals surface area contributed by atoms with Crippen molar-refractivity contribution in [2.45, 2.75) is 0 Å². The van der Waals surface area contributed by atoms with Gasteiger partial charge in [-0.15, -0.1) is 0 Å². The lowest BCUT2D eigenvalue weighted by molar-refractivity contribution is 0.245. The lowest BCUT2D eigenvalue weighted by atomic mass is 10.4. The number of hydrogen-bond donors (Lipinski definition) is 0. The van der Waals surface area contributed by atoms with E-state index in [9.17, 15) is 0 Å². The van der Waals surface area contributed by atoms with Crippen molar-refractivity contribution in [1.82, 2.24) is 14.8 Å². The molecule has 0 saturated carbocycles. The van der Waals surface area contributed by atoms with Crippen molar-refractivity contribution in [3.63, 3.8) is 0 Å². The highest BCUT2D eigenvalue weighted by atomic mass is 16.5. The third kappa shape index (κ3) is 6.42. The first-order chi connectivity index (χ1) is 8.58. The Bertz CT molecular complexity index is 314. The molecule has 0 aliphatic rings. The van der Waals surface area contributed by atoms with Gasteiger partial charge in [0, 0.05) is 25.4 Å². The number of likely N-dealkylation sites (N-methyl/N-ethyl adjacent to an activating group) is 2. The lowest BCUT2D eigenvalue weighted by Gasteiger charge is -2.12. The van der Waals surface area contributed by atoms with Crippen LogP contribution in [0.1, 0.15) is 0 Å². The van der Waals surface area contributed by atoms with Crippen molar-refractivity contribution in [2.24, 2.45) is 0 Å². The van der Waals surface area contributed by atoms with Crippen molar-refractivity contribution in [2.75, 3.05) is 54.5 Å². The first kappa shape index (κ1) is 14.7. The van der Waals surface area contributed by atoms with Gasteiger partial charge in [0.15, 0.2) is 0 Å². The Hall–Kier alpha value is -1.33. The van der Waals surface area contributed by atoms with Gasteiger partial charge in [-0.3, -0.25) is 0 Å². The Morgan fingerprint density at radius 1 is 1.00 bits per heavy atom. The molecule has 102 valence electrons. The van der Waals surface area contributed by atoms with E-state index in [4.69, 9.17) is 9.47 Å². The van der Waals surface area contributed by atoms with Crippen LogP contribution in [0, 0.1) is 0 Å². The van der Waals surface area contributed by atoms with E-state index in [0.717, 1.165) is 18.8 Å². The highest BCUT2D eigenvalue weighted by molar-refractivity contribution is 5.26. The van der Waals surface area contributed by atoms with Crippen LogP contribution in [0.15, 0.2) is 18.3 Å². The normalized spacial score (nSPS) is 11.0. The highest BCUT2D eigenvalue weighted by Crippen LogP contribution is 2.16. The minimum Gasteiger partial charge on any atom is -0.492 e. The fraction of sp³-hybridized carbons (Fsp3) is 0.615. The summed E-state index contributed by atoms with van der Waals surface area (Å²) in [7, 11) is 8.06. The van der Waals surface area contributed by atoms with Crippen LogP contribution in [-0.2, 0) is 0 Å². The summed E-state index contributed by atoms with van der Waals surface area (Å²) in [6.45, 7) is 3.04. The number of nitrogens with zero attached hydrogens (tertiary/aromatic N) is 3. The van der Waals surface area contributed by atoms with Crippen LogP contribution in [0.2, 0.25) is 0 Å². The third-order valence-corrected chi connectivity index (χ3v) is 2.30. The highest BCUT2D eigenvalue weighted by Gasteiger charge is 2.00. The van der Waals surface area contributed by atoms with E-state index >= 15 is 0 Å². The summed E-state index contributed by atoms with van der Waals surface area (Å²) in [5.41, 5.74) is 0. The smallest absolute Gasteiger partial charge is 0.216 e. The minimum atomic E-state index is 0.610. The summed E-state index contributed by atoms with van der Waals surface area (Å²) in [6, 6.07) is 3.67. The number of pyridine rings is 1. The average Bonchev–Trinajstić information content (AvgIpc) is 2.28. The first-order valence-corrected chi connectivity index (χ1v) is 6.09. The fourth-order valence-electron chi connectivity index (χ4n) is 1.24. The maximum absolute atomic E-state index is 5.61. The Morgan fingerprint density at radius 3 is 2.22 bits per heavy atom. The van der Waals surface area contributed by atoms with Crippen molar-refractivity contribution in [3.05, 3.63) is 18.3 Å². The zero-order valence-electron chi connectivity index (χ0n) is 11.7. The summed E-state index contributed by atoms with van der Waals surface area (Å²) in [5.74, 6) is 1.41. The molecule has 0 atom stereocenters. The van der Waals surface area contributed by atoms with Crippen molar-refractivity contribution >= 4 is 0 Å². The van der Waals surface area contributed by atoms with Crippen LogP contribution in [0.3, 0.4) is 0 Å². The Labute approximate surface area is 109 Å². The first-order valence-electron chi connectivity index (χ1n) is 6.09. The van der Waals surface area contributed by atoms with E-state index in [-0.39, 0.29) is 0 Å². The summed E-state index contributed by atoms with van der Waals surface area (Å²) in [6.07, 6.45) is 1.70. The molecule has 0 aromatic carbocycles. The average molecular weight is 253 g/mol. The van der Waals surface area contributed by atoms with E-state index in [1.54, 1.807) is 6.20 Å².